The van der Waals surface area contributed by atoms with Gasteiger partial charge >= 0.3 is 11.8 Å². The van der Waals surface area contributed by atoms with Crippen LogP contribution in [0.1, 0.15) is 23.6 Å². The maximum absolute atomic E-state index is 12.2. The molecule has 6 heteroatoms. The van der Waals surface area contributed by atoms with Crippen LogP contribution in [0.4, 0.5) is 5.69 Å². The summed E-state index contributed by atoms with van der Waals surface area (Å²) in [5.74, 6) is -1.16. The molecular weight excluding hydrogens is 364 g/mol. The van der Waals surface area contributed by atoms with Gasteiger partial charge in [-0.15, -0.1) is 0 Å². The molecule has 0 aliphatic carbocycles. The molecule has 6 nitrogen and oxygen atoms in total. The highest BCUT2D eigenvalue weighted by molar-refractivity contribution is 6.35. The van der Waals surface area contributed by atoms with Crippen molar-refractivity contribution in [2.45, 2.75) is 18.9 Å². The molecule has 0 heterocycles. The number of anilines is 1. The summed E-state index contributed by atoms with van der Waals surface area (Å²) in [5.41, 5.74) is 3.47. The highest BCUT2D eigenvalue weighted by Gasteiger charge is 2.21. The Balaban J connectivity index is 1.79. The van der Waals surface area contributed by atoms with E-state index in [1.807, 2.05) is 51.3 Å². The molecule has 0 radical (unpaired) electrons. The number of carbonyl (C=O) groups is 2. The minimum absolute atomic E-state index is 0.0704. The number of likely N-dealkylation sites (N-methyl/N-ethyl adjacent to an activating group) is 1. The zero-order chi connectivity index (χ0) is 21.2. The summed E-state index contributed by atoms with van der Waals surface area (Å²) >= 11 is 0. The van der Waals surface area contributed by atoms with Crippen molar-refractivity contribution in [3.8, 4) is 0 Å². The normalized spacial score (nSPS) is 11.8. The van der Waals surface area contributed by atoms with Crippen molar-refractivity contribution in [1.82, 2.24) is 10.6 Å². The molecule has 2 amide bonds. The first-order valence-electron chi connectivity index (χ1n) is 10.1. The Morgan fingerprint density at radius 3 is 2.14 bits per heavy atom. The second-order valence-electron chi connectivity index (χ2n) is 7.67. The Bertz CT molecular complexity index is 773. The zero-order valence-corrected chi connectivity index (χ0v) is 17.9. The predicted molar refractivity (Wildman–Crippen MR) is 117 cm³/mol. The molecule has 0 aliphatic heterocycles. The van der Waals surface area contributed by atoms with Gasteiger partial charge in [-0.1, -0.05) is 42.5 Å². The smallest absolute Gasteiger partial charge is 0.309 e. The molecular formula is C23H33N4O2+. The van der Waals surface area contributed by atoms with Crippen LogP contribution in [0.5, 0.6) is 0 Å². The largest absolute Gasteiger partial charge is 0.378 e. The summed E-state index contributed by atoms with van der Waals surface area (Å²) in [6.45, 7) is 0.884. The predicted octanol–water partition coefficient (Wildman–Crippen LogP) is 0.803. The van der Waals surface area contributed by atoms with Gasteiger partial charge in [0.25, 0.3) is 0 Å². The van der Waals surface area contributed by atoms with Crippen molar-refractivity contribution in [2.24, 2.45) is 0 Å². The van der Waals surface area contributed by atoms with Gasteiger partial charge in [0.15, 0.2) is 0 Å². The maximum atomic E-state index is 12.2. The summed E-state index contributed by atoms with van der Waals surface area (Å²) < 4.78 is 0. The molecule has 0 saturated heterocycles. The molecule has 29 heavy (non-hydrogen) atoms. The van der Waals surface area contributed by atoms with Crippen molar-refractivity contribution < 1.29 is 14.5 Å². The third kappa shape index (κ3) is 7.23. The topological polar surface area (TPSA) is 65.9 Å². The van der Waals surface area contributed by atoms with E-state index in [0.29, 0.717) is 13.1 Å². The quantitative estimate of drug-likeness (QED) is 0.433. The standard InChI is InChI=1S/C23H32N4O2/c1-26(2)20-14-12-19(13-15-20)21(27(3)4)17-25-23(29)22(28)24-16-8-11-18-9-6-5-7-10-18/h5-7,9-10,12-15,21H,8,11,16-17H2,1-4H3,(H,24,28)(H,25,29)/p+1/t21-/m1/s1. The number of nitrogens with zero attached hydrogens (tertiary/aromatic N) is 1. The Hall–Kier alpha value is -2.86. The van der Waals surface area contributed by atoms with Crippen LogP contribution in [0.25, 0.3) is 0 Å². The first-order valence-corrected chi connectivity index (χ1v) is 10.1. The van der Waals surface area contributed by atoms with Crippen molar-refractivity contribution in [3.63, 3.8) is 0 Å². The number of hydrogen-bond donors (Lipinski definition) is 3. The Morgan fingerprint density at radius 2 is 1.55 bits per heavy atom. The number of aryl methyl sites for hydroxylation is 1. The van der Waals surface area contributed by atoms with Crippen molar-refractivity contribution in [2.75, 3.05) is 46.2 Å². The zero-order valence-electron chi connectivity index (χ0n) is 17.9. The monoisotopic (exact) mass is 397 g/mol. The van der Waals surface area contributed by atoms with Gasteiger partial charge in [0.05, 0.1) is 20.6 Å². The van der Waals surface area contributed by atoms with Gasteiger partial charge in [-0.25, -0.2) is 0 Å². The fraction of sp³-hybridized carbons (Fsp3) is 0.391. The van der Waals surface area contributed by atoms with Gasteiger partial charge in [0.1, 0.15) is 6.04 Å². The van der Waals surface area contributed by atoms with Gasteiger partial charge in [0.2, 0.25) is 0 Å². The summed E-state index contributed by atoms with van der Waals surface area (Å²) in [4.78, 5) is 27.5. The van der Waals surface area contributed by atoms with E-state index in [1.165, 1.54) is 10.5 Å². The molecule has 3 N–H and O–H groups in total. The average Bonchev–Trinajstić information content (AvgIpc) is 2.72. The summed E-state index contributed by atoms with van der Waals surface area (Å²) in [7, 11) is 8.09. The number of benzene rings is 2. The van der Waals surface area contributed by atoms with Crippen LogP contribution in [-0.4, -0.2) is 53.1 Å². The highest BCUT2D eigenvalue weighted by Crippen LogP contribution is 2.16. The minimum Gasteiger partial charge on any atom is -0.378 e. The highest BCUT2D eigenvalue weighted by atomic mass is 16.2. The fourth-order valence-corrected chi connectivity index (χ4v) is 3.15. The number of nitrogens with one attached hydrogen (secondary N) is 3. The number of rotatable bonds is 9. The lowest BCUT2D eigenvalue weighted by molar-refractivity contribution is -0.890. The molecule has 0 bridgehead atoms. The van der Waals surface area contributed by atoms with Crippen LogP contribution in [0, 0.1) is 0 Å². The van der Waals surface area contributed by atoms with Crippen molar-refractivity contribution >= 4 is 17.5 Å². The first-order chi connectivity index (χ1) is 13.9. The van der Waals surface area contributed by atoms with E-state index < -0.39 is 11.8 Å². The molecule has 2 aromatic rings. The average molecular weight is 398 g/mol. The Morgan fingerprint density at radius 1 is 0.931 bits per heavy atom. The molecule has 0 aliphatic rings. The minimum atomic E-state index is -0.583. The lowest BCUT2D eigenvalue weighted by Gasteiger charge is -2.23. The van der Waals surface area contributed by atoms with E-state index in [9.17, 15) is 9.59 Å². The van der Waals surface area contributed by atoms with E-state index in [-0.39, 0.29) is 6.04 Å². The molecule has 0 fully saturated rings. The summed E-state index contributed by atoms with van der Waals surface area (Å²) in [5, 5.41) is 5.48. The molecule has 1 atom stereocenters. The number of carbonyl (C=O) groups excluding carboxylic acids is 2. The van der Waals surface area contributed by atoms with Crippen LogP contribution in [0.2, 0.25) is 0 Å². The van der Waals surface area contributed by atoms with E-state index in [2.05, 4.69) is 47.0 Å². The molecule has 156 valence electrons. The van der Waals surface area contributed by atoms with Crippen molar-refractivity contribution in [1.29, 1.82) is 0 Å². The maximum Gasteiger partial charge on any atom is 0.309 e. The number of quaternary nitrogens is 1. The summed E-state index contributed by atoms with van der Waals surface area (Å²) in [6.07, 6.45) is 1.67. The van der Waals surface area contributed by atoms with Crippen molar-refractivity contribution in [3.05, 3.63) is 65.7 Å². The number of hydrogen-bond acceptors (Lipinski definition) is 3. The van der Waals surface area contributed by atoms with Gasteiger partial charge < -0.3 is 20.4 Å². The second-order valence-corrected chi connectivity index (χ2v) is 7.67. The SMILES string of the molecule is CN(C)c1ccc([C@@H](CNC(=O)C(=O)NCCCc2ccccc2)[NH+](C)C)cc1. The third-order valence-electron chi connectivity index (χ3n) is 4.95. The lowest BCUT2D eigenvalue weighted by Crippen LogP contribution is -3.07. The third-order valence-corrected chi connectivity index (χ3v) is 4.95. The molecule has 2 rings (SSSR count). The van der Waals surface area contributed by atoms with Crippen LogP contribution in [-0.2, 0) is 16.0 Å². The Labute approximate surface area is 173 Å². The molecule has 2 aromatic carbocycles. The van der Waals surface area contributed by atoms with E-state index in [1.54, 1.807) is 0 Å². The molecule has 0 spiro atoms. The first kappa shape index (κ1) is 22.4. The summed E-state index contributed by atoms with van der Waals surface area (Å²) in [6, 6.07) is 18.4. The Kier molecular flexibility index (Phi) is 8.68. The van der Waals surface area contributed by atoms with E-state index >= 15 is 0 Å². The van der Waals surface area contributed by atoms with Gasteiger partial charge in [-0.05, 0) is 30.5 Å². The molecule has 0 unspecified atom stereocenters. The van der Waals surface area contributed by atoms with Gasteiger partial charge in [-0.3, -0.25) is 9.59 Å². The fourth-order valence-electron chi connectivity index (χ4n) is 3.15. The molecule has 0 saturated carbocycles. The van der Waals surface area contributed by atoms with Crippen LogP contribution in [0.3, 0.4) is 0 Å². The molecule has 0 aromatic heterocycles. The van der Waals surface area contributed by atoms with E-state index in [4.69, 9.17) is 0 Å². The van der Waals surface area contributed by atoms with Gasteiger partial charge in [0, 0.05) is 31.9 Å². The second kappa shape index (κ2) is 11.2. The van der Waals surface area contributed by atoms with Crippen LogP contribution in [0.15, 0.2) is 54.6 Å². The van der Waals surface area contributed by atoms with Gasteiger partial charge in [-0.2, -0.15) is 0 Å². The lowest BCUT2D eigenvalue weighted by atomic mass is 10.1. The van der Waals surface area contributed by atoms with Crippen LogP contribution >= 0.6 is 0 Å². The van der Waals surface area contributed by atoms with E-state index in [0.717, 1.165) is 24.1 Å². The number of amides is 2. The van der Waals surface area contributed by atoms with Crippen LogP contribution < -0.4 is 20.4 Å².